The van der Waals surface area contributed by atoms with Gasteiger partial charge in [0.05, 0.1) is 11.4 Å². The third kappa shape index (κ3) is 4.57. The second-order valence-electron chi connectivity index (χ2n) is 8.27. The van der Waals surface area contributed by atoms with E-state index in [1.54, 1.807) is 4.90 Å². The number of carbonyl (C=O) groups is 1. The zero-order chi connectivity index (χ0) is 24.2. The van der Waals surface area contributed by atoms with Crippen LogP contribution in [0.25, 0.3) is 22.3 Å². The fourth-order valence-electron chi connectivity index (χ4n) is 4.34. The smallest absolute Gasteiger partial charge is 0.247 e. The molecule has 3 heterocycles. The summed E-state index contributed by atoms with van der Waals surface area (Å²) in [6.07, 6.45) is 11.3. The van der Waals surface area contributed by atoms with E-state index >= 15 is 0 Å². The summed E-state index contributed by atoms with van der Waals surface area (Å²) in [5, 5.41) is 5.61. The van der Waals surface area contributed by atoms with Gasteiger partial charge in [-0.1, -0.05) is 24.1 Å². The predicted octanol–water partition coefficient (Wildman–Crippen LogP) is 4.22. The van der Waals surface area contributed by atoms with E-state index in [1.807, 2.05) is 59.3 Å². The Morgan fingerprint density at radius 1 is 1.11 bits per heavy atom. The molecule has 1 aliphatic heterocycles. The summed E-state index contributed by atoms with van der Waals surface area (Å²) < 4.78 is 7.79. The van der Waals surface area contributed by atoms with Crippen LogP contribution in [-0.4, -0.2) is 43.6 Å². The Morgan fingerprint density at radius 3 is 2.66 bits per heavy atom. The molecule has 0 bridgehead atoms. The fraction of sp³-hybridized carbons (Fsp3) is 0.185. The number of nitrogen functional groups attached to an aromatic ring is 1. The minimum atomic E-state index is -0.104. The quantitative estimate of drug-likeness (QED) is 0.351. The number of fused-ring (bicyclic) bond motifs is 1. The van der Waals surface area contributed by atoms with Crippen molar-refractivity contribution in [3.63, 3.8) is 0 Å². The summed E-state index contributed by atoms with van der Waals surface area (Å²) in [4.78, 5) is 23.0. The fourth-order valence-corrected chi connectivity index (χ4v) is 4.34. The molecule has 4 aromatic rings. The van der Waals surface area contributed by atoms with Crippen LogP contribution < -0.4 is 10.5 Å². The van der Waals surface area contributed by atoms with Gasteiger partial charge in [-0.15, -0.1) is 6.42 Å². The monoisotopic (exact) mass is 464 g/mol. The van der Waals surface area contributed by atoms with E-state index in [-0.39, 0.29) is 11.9 Å². The van der Waals surface area contributed by atoms with E-state index in [9.17, 15) is 4.79 Å². The summed E-state index contributed by atoms with van der Waals surface area (Å²) in [6, 6.07) is 17.2. The van der Waals surface area contributed by atoms with Gasteiger partial charge in [-0.25, -0.2) is 14.6 Å². The molecule has 0 radical (unpaired) electrons. The standard InChI is InChI=1S/C27H24N6O2/c1-2-3-11-23(34)32-16-7-8-20(17-32)33-27-24(26(28)29-18-30-27)25(31-33)19-12-14-22(15-13-19)35-21-9-5-4-6-10-21/h1,3-6,9-15,18,20H,7-8,16-17H2,(H2,28,29,30)/b11-3-/t20-/m1/s1. The molecule has 0 aliphatic carbocycles. The van der Waals surface area contributed by atoms with Crippen molar-refractivity contribution in [3.8, 4) is 35.1 Å². The van der Waals surface area contributed by atoms with Crippen molar-refractivity contribution in [1.82, 2.24) is 24.6 Å². The highest BCUT2D eigenvalue weighted by molar-refractivity contribution is 5.98. The molecule has 1 aliphatic rings. The van der Waals surface area contributed by atoms with Gasteiger partial charge in [0.15, 0.2) is 5.65 Å². The number of carbonyl (C=O) groups excluding carboxylic acids is 1. The molecule has 35 heavy (non-hydrogen) atoms. The van der Waals surface area contributed by atoms with Crippen LogP contribution in [0.5, 0.6) is 11.5 Å². The summed E-state index contributed by atoms with van der Waals surface area (Å²) in [7, 11) is 0. The first kappa shape index (κ1) is 22.2. The van der Waals surface area contributed by atoms with Crippen molar-refractivity contribution < 1.29 is 9.53 Å². The number of allylic oxidation sites excluding steroid dienone is 1. The van der Waals surface area contributed by atoms with E-state index < -0.39 is 0 Å². The number of amides is 1. The van der Waals surface area contributed by atoms with E-state index in [0.29, 0.717) is 35.6 Å². The summed E-state index contributed by atoms with van der Waals surface area (Å²) in [5.41, 5.74) is 8.49. The number of nitrogens with two attached hydrogens (primary N) is 1. The molecular weight excluding hydrogens is 440 g/mol. The third-order valence-electron chi connectivity index (χ3n) is 6.00. The lowest BCUT2D eigenvalue weighted by Crippen LogP contribution is -2.40. The lowest BCUT2D eigenvalue weighted by Gasteiger charge is -2.32. The molecule has 5 rings (SSSR count). The summed E-state index contributed by atoms with van der Waals surface area (Å²) in [5.74, 6) is 4.10. The van der Waals surface area contributed by atoms with Crippen molar-refractivity contribution in [2.75, 3.05) is 18.8 Å². The highest BCUT2D eigenvalue weighted by Gasteiger charge is 2.28. The number of ether oxygens (including phenoxy) is 1. The maximum Gasteiger partial charge on any atom is 0.247 e. The van der Waals surface area contributed by atoms with Gasteiger partial charge in [0.2, 0.25) is 5.91 Å². The van der Waals surface area contributed by atoms with Crippen LogP contribution in [0, 0.1) is 12.3 Å². The van der Waals surface area contributed by atoms with Crippen LogP contribution in [0.4, 0.5) is 5.82 Å². The molecule has 2 aromatic carbocycles. The molecule has 174 valence electrons. The Morgan fingerprint density at radius 2 is 1.89 bits per heavy atom. The second-order valence-corrected chi connectivity index (χ2v) is 8.27. The third-order valence-corrected chi connectivity index (χ3v) is 6.00. The average molecular weight is 465 g/mol. The minimum Gasteiger partial charge on any atom is -0.457 e. The van der Waals surface area contributed by atoms with Crippen LogP contribution in [0.2, 0.25) is 0 Å². The zero-order valence-electron chi connectivity index (χ0n) is 19.0. The zero-order valence-corrected chi connectivity index (χ0v) is 19.0. The van der Waals surface area contributed by atoms with Gasteiger partial charge in [-0.2, -0.15) is 5.10 Å². The molecule has 8 nitrogen and oxygen atoms in total. The Bertz CT molecular complexity index is 1420. The van der Waals surface area contributed by atoms with Crippen LogP contribution in [-0.2, 0) is 4.79 Å². The molecular formula is C27H24N6O2. The van der Waals surface area contributed by atoms with Gasteiger partial charge in [0.25, 0.3) is 0 Å². The van der Waals surface area contributed by atoms with Crippen molar-refractivity contribution in [3.05, 3.63) is 73.1 Å². The van der Waals surface area contributed by atoms with Crippen molar-refractivity contribution in [2.45, 2.75) is 18.9 Å². The molecule has 2 aromatic heterocycles. The number of likely N-dealkylation sites (tertiary alicyclic amines) is 1. The lowest BCUT2D eigenvalue weighted by molar-refractivity contribution is -0.127. The molecule has 8 heteroatoms. The van der Waals surface area contributed by atoms with Crippen LogP contribution >= 0.6 is 0 Å². The van der Waals surface area contributed by atoms with Crippen molar-refractivity contribution in [1.29, 1.82) is 0 Å². The maximum atomic E-state index is 12.5. The number of para-hydroxylation sites is 1. The van der Waals surface area contributed by atoms with E-state index in [4.69, 9.17) is 22.0 Å². The van der Waals surface area contributed by atoms with Crippen molar-refractivity contribution >= 4 is 22.8 Å². The molecule has 2 N–H and O–H groups in total. The molecule has 1 amide bonds. The number of terminal acetylenes is 1. The Balaban J connectivity index is 1.47. The number of nitrogens with zero attached hydrogens (tertiary/aromatic N) is 5. The van der Waals surface area contributed by atoms with Gasteiger partial charge in [-0.05, 0) is 55.3 Å². The minimum absolute atomic E-state index is 0.0434. The van der Waals surface area contributed by atoms with E-state index in [1.165, 1.54) is 18.5 Å². The molecule has 1 saturated heterocycles. The molecule has 1 fully saturated rings. The number of anilines is 1. The van der Waals surface area contributed by atoms with Crippen LogP contribution in [0.3, 0.4) is 0 Å². The number of hydrogen-bond acceptors (Lipinski definition) is 6. The van der Waals surface area contributed by atoms with Crippen LogP contribution in [0.1, 0.15) is 18.9 Å². The molecule has 0 saturated carbocycles. The summed E-state index contributed by atoms with van der Waals surface area (Å²) >= 11 is 0. The average Bonchev–Trinajstić information content (AvgIpc) is 3.29. The molecule has 0 unspecified atom stereocenters. The largest absolute Gasteiger partial charge is 0.457 e. The first-order chi connectivity index (χ1) is 17.1. The first-order valence-electron chi connectivity index (χ1n) is 11.4. The van der Waals surface area contributed by atoms with Gasteiger partial charge in [0.1, 0.15) is 29.3 Å². The topological polar surface area (TPSA) is 99.2 Å². The SMILES string of the molecule is C#C/C=C\C(=O)N1CCC[C@@H](n2nc(-c3ccc(Oc4ccccc4)cc3)c3c(N)ncnc32)C1. The highest BCUT2D eigenvalue weighted by atomic mass is 16.5. The Labute approximate surface area is 203 Å². The Kier molecular flexibility index (Phi) is 6.14. The van der Waals surface area contributed by atoms with E-state index in [2.05, 4.69) is 15.9 Å². The Hall–Kier alpha value is -4.64. The lowest BCUT2D eigenvalue weighted by atomic mass is 10.1. The summed E-state index contributed by atoms with van der Waals surface area (Å²) in [6.45, 7) is 1.19. The first-order valence-corrected chi connectivity index (χ1v) is 11.4. The predicted molar refractivity (Wildman–Crippen MR) is 135 cm³/mol. The van der Waals surface area contributed by atoms with Crippen LogP contribution in [0.15, 0.2) is 73.1 Å². The van der Waals surface area contributed by atoms with E-state index in [0.717, 1.165) is 29.9 Å². The maximum absolute atomic E-state index is 12.5. The van der Waals surface area contributed by atoms with Gasteiger partial charge in [-0.3, -0.25) is 4.79 Å². The van der Waals surface area contributed by atoms with Gasteiger partial charge >= 0.3 is 0 Å². The van der Waals surface area contributed by atoms with Gasteiger partial charge in [0, 0.05) is 24.7 Å². The number of rotatable bonds is 5. The number of benzene rings is 2. The molecule has 0 spiro atoms. The number of hydrogen-bond donors (Lipinski definition) is 1. The molecule has 1 atom stereocenters. The van der Waals surface area contributed by atoms with Crippen molar-refractivity contribution in [2.24, 2.45) is 0 Å². The number of aromatic nitrogens is 4. The second kappa shape index (κ2) is 9.69. The van der Waals surface area contributed by atoms with Gasteiger partial charge < -0.3 is 15.4 Å². The normalized spacial score (nSPS) is 15.9. The highest BCUT2D eigenvalue weighted by Crippen LogP contribution is 2.34. The number of piperidine rings is 1.